The minimum absolute atomic E-state index is 0.00725. The van der Waals surface area contributed by atoms with Gasteiger partial charge in [-0.3, -0.25) is 9.59 Å². The summed E-state index contributed by atoms with van der Waals surface area (Å²) in [5.74, 6) is -0.288. The fourth-order valence-corrected chi connectivity index (χ4v) is 3.23. The molecule has 9 heteroatoms. The third-order valence-electron chi connectivity index (χ3n) is 3.58. The van der Waals surface area contributed by atoms with Gasteiger partial charge in [-0.05, 0) is 11.6 Å². The molecule has 0 unspecified atom stereocenters. The van der Waals surface area contributed by atoms with Gasteiger partial charge in [-0.1, -0.05) is 47.6 Å². The predicted octanol–water partition coefficient (Wildman–Crippen LogP) is 1.74. The Labute approximate surface area is 166 Å². The van der Waals surface area contributed by atoms with Crippen LogP contribution >= 0.6 is 23.4 Å². The lowest BCUT2D eigenvalue weighted by Gasteiger charge is -2.11. The molecule has 0 aliphatic rings. The summed E-state index contributed by atoms with van der Waals surface area (Å²) < 4.78 is 1.59. The van der Waals surface area contributed by atoms with Crippen LogP contribution in [-0.4, -0.2) is 38.8 Å². The van der Waals surface area contributed by atoms with Crippen molar-refractivity contribution in [3.63, 3.8) is 0 Å². The van der Waals surface area contributed by atoms with Crippen molar-refractivity contribution in [1.29, 1.82) is 0 Å². The molecule has 144 valence electrons. The van der Waals surface area contributed by atoms with E-state index in [1.165, 1.54) is 18.0 Å². The van der Waals surface area contributed by atoms with Gasteiger partial charge in [-0.2, -0.15) is 0 Å². The quantitative estimate of drug-likeness (QED) is 0.411. The molecule has 0 spiro atoms. The van der Waals surface area contributed by atoms with Gasteiger partial charge in [0.2, 0.25) is 11.8 Å². The molecule has 2 aromatic rings. The molecule has 27 heavy (non-hydrogen) atoms. The van der Waals surface area contributed by atoms with Crippen LogP contribution in [0.5, 0.6) is 0 Å². The molecule has 0 fully saturated rings. The zero-order chi connectivity index (χ0) is 19.6. The number of halogens is 1. The monoisotopic (exact) mass is 408 g/mol. The maximum absolute atomic E-state index is 12.1. The average molecular weight is 409 g/mol. The van der Waals surface area contributed by atoms with Crippen LogP contribution in [0.3, 0.4) is 0 Å². The molecule has 0 aliphatic carbocycles. The summed E-state index contributed by atoms with van der Waals surface area (Å²) in [6.45, 7) is 3.99. The Bertz CT molecular complexity index is 810. The van der Waals surface area contributed by atoms with Crippen LogP contribution in [0, 0.1) is 0 Å². The van der Waals surface area contributed by atoms with Crippen molar-refractivity contribution in [2.24, 2.45) is 0 Å². The predicted molar refractivity (Wildman–Crippen MR) is 105 cm³/mol. The third kappa shape index (κ3) is 6.42. The smallest absolute Gasteiger partial charge is 0.240 e. The van der Waals surface area contributed by atoms with Crippen molar-refractivity contribution in [2.75, 3.05) is 12.3 Å². The second-order valence-electron chi connectivity index (χ2n) is 5.53. The Morgan fingerprint density at radius 1 is 1.30 bits per heavy atom. The molecule has 0 saturated carbocycles. The van der Waals surface area contributed by atoms with E-state index < -0.39 is 0 Å². The zero-order valence-corrected chi connectivity index (χ0v) is 16.2. The molecule has 3 N–H and O–H groups in total. The van der Waals surface area contributed by atoms with Gasteiger partial charge in [0.05, 0.1) is 24.3 Å². The number of aliphatic hydroxyl groups excluding tert-OH is 1. The number of amides is 2. The first-order valence-electron chi connectivity index (χ1n) is 8.21. The number of hydrogen-bond acceptors (Lipinski definition) is 5. The maximum atomic E-state index is 12.1. The normalized spacial score (nSPS) is 10.4. The summed E-state index contributed by atoms with van der Waals surface area (Å²) in [5, 5.41) is 16.0. The van der Waals surface area contributed by atoms with Gasteiger partial charge < -0.3 is 20.3 Å². The van der Waals surface area contributed by atoms with E-state index in [9.17, 15) is 14.7 Å². The molecule has 1 aromatic heterocycles. The summed E-state index contributed by atoms with van der Waals surface area (Å²) in [6.07, 6.45) is 3.07. The van der Waals surface area contributed by atoms with Crippen LogP contribution in [-0.2, 0) is 29.3 Å². The van der Waals surface area contributed by atoms with Gasteiger partial charge in [0.15, 0.2) is 5.16 Å². The highest BCUT2D eigenvalue weighted by molar-refractivity contribution is 7.99. The van der Waals surface area contributed by atoms with Crippen molar-refractivity contribution in [3.05, 3.63) is 59.4 Å². The van der Waals surface area contributed by atoms with E-state index in [1.54, 1.807) is 16.7 Å². The summed E-state index contributed by atoms with van der Waals surface area (Å²) in [6, 6.07) is 7.29. The van der Waals surface area contributed by atoms with Gasteiger partial charge in [0, 0.05) is 18.1 Å². The molecular formula is C18H21ClN4O3S. The number of aliphatic hydroxyl groups is 1. The van der Waals surface area contributed by atoms with Gasteiger partial charge >= 0.3 is 0 Å². The first-order chi connectivity index (χ1) is 13.0. The van der Waals surface area contributed by atoms with Gasteiger partial charge in [0.25, 0.3) is 0 Å². The lowest BCUT2D eigenvalue weighted by Crippen LogP contribution is -2.28. The molecule has 7 nitrogen and oxygen atoms in total. The molecule has 2 amide bonds. The lowest BCUT2D eigenvalue weighted by molar-refractivity contribution is -0.121. The van der Waals surface area contributed by atoms with Crippen molar-refractivity contribution < 1.29 is 14.7 Å². The van der Waals surface area contributed by atoms with Gasteiger partial charge in [0.1, 0.15) is 6.54 Å². The Balaban J connectivity index is 1.91. The highest BCUT2D eigenvalue weighted by Crippen LogP contribution is 2.19. The van der Waals surface area contributed by atoms with Gasteiger partial charge in [-0.25, -0.2) is 4.98 Å². The van der Waals surface area contributed by atoms with Crippen molar-refractivity contribution in [2.45, 2.75) is 24.9 Å². The minimum Gasteiger partial charge on any atom is -0.390 e. The molecule has 0 radical (unpaired) electrons. The van der Waals surface area contributed by atoms with E-state index in [2.05, 4.69) is 22.2 Å². The molecular weight excluding hydrogens is 388 g/mol. The van der Waals surface area contributed by atoms with E-state index in [1.807, 2.05) is 18.2 Å². The standard InChI is InChI=1S/C18H21ClN4O3S/c1-2-7-20-16(25)10-23-14(11-24)9-22-18(23)27-12-17(26)21-8-13-5-3-4-6-15(13)19/h2-6,9,24H,1,7-8,10-12H2,(H,20,25)(H,21,26). The van der Waals surface area contributed by atoms with Crippen LogP contribution in [0.1, 0.15) is 11.3 Å². The van der Waals surface area contributed by atoms with Crippen LogP contribution in [0.15, 0.2) is 48.3 Å². The lowest BCUT2D eigenvalue weighted by atomic mass is 10.2. The second-order valence-corrected chi connectivity index (χ2v) is 6.88. The number of aromatic nitrogens is 2. The molecule has 2 rings (SSSR count). The summed E-state index contributed by atoms with van der Waals surface area (Å²) >= 11 is 7.26. The zero-order valence-electron chi connectivity index (χ0n) is 14.7. The number of nitrogens with zero attached hydrogens (tertiary/aromatic N) is 2. The maximum Gasteiger partial charge on any atom is 0.240 e. The summed E-state index contributed by atoms with van der Waals surface area (Å²) in [4.78, 5) is 28.2. The largest absolute Gasteiger partial charge is 0.390 e. The summed E-state index contributed by atoms with van der Waals surface area (Å²) in [7, 11) is 0. The molecule has 1 heterocycles. The van der Waals surface area contributed by atoms with Crippen LogP contribution in [0.4, 0.5) is 0 Å². The Morgan fingerprint density at radius 3 is 2.78 bits per heavy atom. The SMILES string of the molecule is C=CCNC(=O)Cn1c(CO)cnc1SCC(=O)NCc1ccccc1Cl. The second kappa shape index (κ2) is 10.8. The number of thioether (sulfide) groups is 1. The van der Waals surface area contributed by atoms with Gasteiger partial charge in [-0.15, -0.1) is 6.58 Å². The molecule has 0 saturated heterocycles. The Kier molecular flexibility index (Phi) is 8.38. The Morgan fingerprint density at radius 2 is 2.07 bits per heavy atom. The summed E-state index contributed by atoms with van der Waals surface area (Å²) in [5.41, 5.74) is 1.34. The number of carbonyl (C=O) groups excluding carboxylic acids is 2. The van der Waals surface area contributed by atoms with E-state index >= 15 is 0 Å². The minimum atomic E-state index is -0.249. The Hall–Kier alpha value is -2.29. The molecule has 0 atom stereocenters. The number of imidazole rings is 1. The van der Waals surface area contributed by atoms with Crippen LogP contribution in [0.2, 0.25) is 5.02 Å². The average Bonchev–Trinajstić information content (AvgIpc) is 3.05. The third-order valence-corrected chi connectivity index (χ3v) is 4.93. The topological polar surface area (TPSA) is 96.2 Å². The van der Waals surface area contributed by atoms with E-state index in [4.69, 9.17) is 11.6 Å². The molecule has 0 bridgehead atoms. The van der Waals surface area contributed by atoms with Crippen molar-refractivity contribution in [1.82, 2.24) is 20.2 Å². The fraction of sp³-hybridized carbons (Fsp3) is 0.278. The number of rotatable bonds is 10. The first kappa shape index (κ1) is 21.0. The number of hydrogen-bond donors (Lipinski definition) is 3. The molecule has 0 aliphatic heterocycles. The van der Waals surface area contributed by atoms with E-state index in [0.29, 0.717) is 29.0 Å². The van der Waals surface area contributed by atoms with Crippen LogP contribution in [0.25, 0.3) is 0 Å². The van der Waals surface area contributed by atoms with E-state index in [-0.39, 0.29) is 30.7 Å². The van der Waals surface area contributed by atoms with Crippen LogP contribution < -0.4 is 10.6 Å². The highest BCUT2D eigenvalue weighted by Gasteiger charge is 2.14. The number of benzene rings is 1. The highest BCUT2D eigenvalue weighted by atomic mass is 35.5. The fourth-order valence-electron chi connectivity index (χ4n) is 2.20. The first-order valence-corrected chi connectivity index (χ1v) is 9.57. The molecule has 1 aromatic carbocycles. The number of nitrogens with one attached hydrogen (secondary N) is 2. The van der Waals surface area contributed by atoms with Crippen molar-refractivity contribution >= 4 is 35.2 Å². The number of carbonyl (C=O) groups is 2. The van der Waals surface area contributed by atoms with Crippen molar-refractivity contribution in [3.8, 4) is 0 Å². The van der Waals surface area contributed by atoms with E-state index in [0.717, 1.165) is 5.56 Å².